The van der Waals surface area contributed by atoms with E-state index in [1.807, 2.05) is 0 Å². The van der Waals surface area contributed by atoms with Crippen LogP contribution in [0.25, 0.3) is 0 Å². The van der Waals surface area contributed by atoms with E-state index in [2.05, 4.69) is 65.6 Å². The van der Waals surface area contributed by atoms with E-state index in [1.165, 1.54) is 6.42 Å². The zero-order valence-corrected chi connectivity index (χ0v) is 13.0. The fourth-order valence-corrected chi connectivity index (χ4v) is 1.48. The number of rotatable bonds is 6. The number of hydrogen-bond donors (Lipinski definition) is 0. The third kappa shape index (κ3) is 5.01. The van der Waals surface area contributed by atoms with Crippen LogP contribution < -0.4 is 0 Å². The average Bonchev–Trinajstić information content (AvgIpc) is 2.24. The van der Waals surface area contributed by atoms with E-state index < -0.39 is 0 Å². The van der Waals surface area contributed by atoms with E-state index in [4.69, 9.17) is 0 Å². The molecule has 2 nitrogen and oxygen atoms in total. The highest BCUT2D eigenvalue weighted by atomic mass is 15.2. The number of hydrogen-bond acceptors (Lipinski definition) is 2. The maximum atomic E-state index is 4.43. The topological polar surface area (TPSA) is 24.7 Å². The lowest BCUT2D eigenvalue weighted by Crippen LogP contribution is -2.22. The molecule has 100 valence electrons. The van der Waals surface area contributed by atoms with Crippen LogP contribution in [0.5, 0.6) is 0 Å². The molecule has 0 radical (unpaired) electrons. The second-order valence-electron chi connectivity index (χ2n) is 6.24. The Kier molecular flexibility index (Phi) is 6.08. The normalized spacial score (nSPS) is 15.3. The third-order valence-electron chi connectivity index (χ3n) is 4.07. The molecule has 0 rings (SSSR count). The summed E-state index contributed by atoms with van der Waals surface area (Å²) in [5.74, 6) is 0. The third-order valence-corrected chi connectivity index (χ3v) is 4.07. The Bertz CT molecular complexity index is 296. The van der Waals surface area contributed by atoms with Crippen molar-refractivity contribution < 1.29 is 0 Å². The van der Waals surface area contributed by atoms with Gasteiger partial charge in [0.25, 0.3) is 0 Å². The second kappa shape index (κ2) is 6.32. The van der Waals surface area contributed by atoms with Crippen LogP contribution in [0.3, 0.4) is 0 Å². The van der Waals surface area contributed by atoms with Crippen LogP contribution in [-0.2, 0) is 0 Å². The van der Waals surface area contributed by atoms with E-state index in [0.717, 1.165) is 24.3 Å². The summed E-state index contributed by atoms with van der Waals surface area (Å²) in [5.41, 5.74) is 2.56. The van der Waals surface area contributed by atoms with Gasteiger partial charge in [-0.05, 0) is 26.7 Å². The SMILES string of the molecule is CCCC(C)(C)/C(C)=N/N=C(\C)C(C)(C)CC. The molecular weight excluding hydrogens is 208 g/mol. The van der Waals surface area contributed by atoms with Crippen molar-refractivity contribution in [3.63, 3.8) is 0 Å². The Morgan fingerprint density at radius 2 is 1.24 bits per heavy atom. The van der Waals surface area contributed by atoms with Gasteiger partial charge >= 0.3 is 0 Å². The molecule has 0 spiro atoms. The molecule has 0 atom stereocenters. The fraction of sp³-hybridized carbons (Fsp3) is 0.867. The maximum absolute atomic E-state index is 4.43. The molecule has 0 saturated heterocycles. The van der Waals surface area contributed by atoms with E-state index >= 15 is 0 Å². The van der Waals surface area contributed by atoms with Crippen LogP contribution in [0, 0.1) is 10.8 Å². The zero-order valence-electron chi connectivity index (χ0n) is 13.0. The highest BCUT2D eigenvalue weighted by molar-refractivity contribution is 5.90. The minimum absolute atomic E-state index is 0.151. The first-order valence-corrected chi connectivity index (χ1v) is 6.77. The fourth-order valence-electron chi connectivity index (χ4n) is 1.48. The van der Waals surface area contributed by atoms with Gasteiger partial charge in [-0.2, -0.15) is 10.2 Å². The summed E-state index contributed by atoms with van der Waals surface area (Å²) in [6.45, 7) is 17.5. The first-order chi connectivity index (χ1) is 7.67. The minimum Gasteiger partial charge on any atom is -0.160 e. The predicted octanol–water partition coefficient (Wildman–Crippen LogP) is 5.09. The molecule has 0 heterocycles. The molecule has 0 saturated carbocycles. The standard InChI is InChI=1S/C15H30N2/c1-9-11-15(7,8)13(4)17-16-12(3)14(5,6)10-2/h9-11H2,1-8H3/b16-12+,17-13+. The highest BCUT2D eigenvalue weighted by Crippen LogP contribution is 2.25. The van der Waals surface area contributed by atoms with Crippen molar-refractivity contribution in [3.8, 4) is 0 Å². The van der Waals surface area contributed by atoms with Gasteiger partial charge in [0, 0.05) is 22.3 Å². The first kappa shape index (κ1) is 16.3. The maximum Gasteiger partial charge on any atom is 0.0431 e. The van der Waals surface area contributed by atoms with Gasteiger partial charge in [0.05, 0.1) is 0 Å². The molecule has 0 N–H and O–H groups in total. The lowest BCUT2D eigenvalue weighted by Gasteiger charge is -2.24. The summed E-state index contributed by atoms with van der Waals surface area (Å²) in [5, 5.41) is 8.85. The van der Waals surface area contributed by atoms with Crippen molar-refractivity contribution in [3.05, 3.63) is 0 Å². The van der Waals surface area contributed by atoms with E-state index in [1.54, 1.807) is 0 Å². The Morgan fingerprint density at radius 3 is 1.59 bits per heavy atom. The summed E-state index contributed by atoms with van der Waals surface area (Å²) >= 11 is 0. The molecule has 0 aliphatic heterocycles. The molecule has 0 bridgehead atoms. The van der Waals surface area contributed by atoms with Crippen molar-refractivity contribution in [1.82, 2.24) is 0 Å². The van der Waals surface area contributed by atoms with Crippen molar-refractivity contribution in [1.29, 1.82) is 0 Å². The molecule has 2 heteroatoms. The van der Waals surface area contributed by atoms with Crippen LogP contribution >= 0.6 is 0 Å². The molecule has 0 aromatic carbocycles. The van der Waals surface area contributed by atoms with Gasteiger partial charge in [-0.25, -0.2) is 0 Å². The van der Waals surface area contributed by atoms with Gasteiger partial charge in [0.1, 0.15) is 0 Å². The Hall–Kier alpha value is -0.660. The summed E-state index contributed by atoms with van der Waals surface area (Å²) in [6, 6.07) is 0. The largest absolute Gasteiger partial charge is 0.160 e. The van der Waals surface area contributed by atoms with Crippen LogP contribution in [0.15, 0.2) is 10.2 Å². The monoisotopic (exact) mass is 238 g/mol. The zero-order chi connectivity index (χ0) is 13.7. The van der Waals surface area contributed by atoms with Crippen LogP contribution in [0.4, 0.5) is 0 Å². The Labute approximate surface area is 108 Å². The summed E-state index contributed by atoms with van der Waals surface area (Å²) in [6.07, 6.45) is 3.44. The Morgan fingerprint density at radius 1 is 0.824 bits per heavy atom. The highest BCUT2D eigenvalue weighted by Gasteiger charge is 2.22. The molecule has 0 fully saturated rings. The molecule has 0 aromatic rings. The van der Waals surface area contributed by atoms with Crippen molar-refractivity contribution >= 4 is 11.4 Å². The van der Waals surface area contributed by atoms with Crippen LogP contribution in [0.2, 0.25) is 0 Å². The quantitative estimate of drug-likeness (QED) is 0.455. The van der Waals surface area contributed by atoms with Crippen molar-refractivity contribution in [2.24, 2.45) is 21.0 Å². The van der Waals surface area contributed by atoms with E-state index in [9.17, 15) is 0 Å². The predicted molar refractivity (Wildman–Crippen MR) is 79.0 cm³/mol. The van der Waals surface area contributed by atoms with Crippen molar-refractivity contribution in [2.75, 3.05) is 0 Å². The van der Waals surface area contributed by atoms with Crippen LogP contribution in [0.1, 0.15) is 74.7 Å². The average molecular weight is 238 g/mol. The van der Waals surface area contributed by atoms with Gasteiger partial charge < -0.3 is 0 Å². The van der Waals surface area contributed by atoms with Crippen molar-refractivity contribution in [2.45, 2.75) is 74.7 Å². The van der Waals surface area contributed by atoms with E-state index in [-0.39, 0.29) is 10.8 Å². The summed E-state index contributed by atoms with van der Waals surface area (Å²) in [7, 11) is 0. The lowest BCUT2D eigenvalue weighted by molar-refractivity contribution is 0.464. The lowest BCUT2D eigenvalue weighted by atomic mass is 9.84. The van der Waals surface area contributed by atoms with Crippen LogP contribution in [-0.4, -0.2) is 11.4 Å². The van der Waals surface area contributed by atoms with Gasteiger partial charge in [-0.1, -0.05) is 48.0 Å². The number of nitrogens with zero attached hydrogens (tertiary/aromatic N) is 2. The molecule has 0 aliphatic carbocycles. The van der Waals surface area contributed by atoms with Gasteiger partial charge in [-0.15, -0.1) is 0 Å². The molecular formula is C15H30N2. The second-order valence-corrected chi connectivity index (χ2v) is 6.24. The van der Waals surface area contributed by atoms with Gasteiger partial charge in [-0.3, -0.25) is 0 Å². The minimum atomic E-state index is 0.151. The Balaban J connectivity index is 4.88. The molecule has 0 amide bonds. The van der Waals surface area contributed by atoms with Gasteiger partial charge in [0.2, 0.25) is 0 Å². The smallest absolute Gasteiger partial charge is 0.0431 e. The van der Waals surface area contributed by atoms with E-state index in [0.29, 0.717) is 0 Å². The van der Waals surface area contributed by atoms with Gasteiger partial charge in [0.15, 0.2) is 0 Å². The molecule has 17 heavy (non-hydrogen) atoms. The molecule has 0 unspecified atom stereocenters. The first-order valence-electron chi connectivity index (χ1n) is 6.77. The summed E-state index contributed by atoms with van der Waals surface area (Å²) in [4.78, 5) is 0. The molecule has 0 aliphatic rings. The molecule has 0 aromatic heterocycles. The summed E-state index contributed by atoms with van der Waals surface area (Å²) < 4.78 is 0.